The van der Waals surface area contributed by atoms with E-state index in [1.165, 1.54) is 0 Å². The Labute approximate surface area is 108 Å². The normalized spacial score (nSPS) is 25.5. The van der Waals surface area contributed by atoms with Gasteiger partial charge in [-0.15, -0.1) is 0 Å². The van der Waals surface area contributed by atoms with Crippen LogP contribution in [-0.4, -0.2) is 38.6 Å². The van der Waals surface area contributed by atoms with Crippen LogP contribution in [0.25, 0.3) is 0 Å². The molecule has 4 nitrogen and oxygen atoms in total. The Hall–Kier alpha value is -0.780. The van der Waals surface area contributed by atoms with Crippen molar-refractivity contribution >= 4 is 15.9 Å². The van der Waals surface area contributed by atoms with Crippen LogP contribution in [-0.2, 0) is 9.47 Å². The van der Waals surface area contributed by atoms with Gasteiger partial charge in [0.1, 0.15) is 36.9 Å². The summed E-state index contributed by atoms with van der Waals surface area (Å²) in [5.41, 5.74) is 0. The van der Waals surface area contributed by atoms with E-state index in [9.17, 15) is 0 Å². The molecule has 3 rings (SSSR count). The fourth-order valence-electron chi connectivity index (χ4n) is 1.38. The summed E-state index contributed by atoms with van der Waals surface area (Å²) in [4.78, 5) is 0. The maximum absolute atomic E-state index is 5.64. The predicted octanol–water partition coefficient (Wildman–Crippen LogP) is 2.00. The summed E-state index contributed by atoms with van der Waals surface area (Å²) in [6, 6.07) is 5.72. The first-order valence-corrected chi connectivity index (χ1v) is 6.39. The molecule has 2 aliphatic rings. The van der Waals surface area contributed by atoms with Crippen molar-refractivity contribution in [3.05, 3.63) is 22.7 Å². The van der Waals surface area contributed by atoms with E-state index in [-0.39, 0.29) is 12.2 Å². The van der Waals surface area contributed by atoms with Gasteiger partial charge >= 0.3 is 0 Å². The van der Waals surface area contributed by atoms with Crippen LogP contribution in [0.3, 0.4) is 0 Å². The molecule has 0 aromatic heterocycles. The van der Waals surface area contributed by atoms with Crippen molar-refractivity contribution in [3.63, 3.8) is 0 Å². The van der Waals surface area contributed by atoms with Gasteiger partial charge in [0, 0.05) is 6.07 Å². The smallest absolute Gasteiger partial charge is 0.137 e. The van der Waals surface area contributed by atoms with Gasteiger partial charge in [0.05, 0.1) is 17.7 Å². The van der Waals surface area contributed by atoms with Gasteiger partial charge in [-0.25, -0.2) is 0 Å². The van der Waals surface area contributed by atoms with Gasteiger partial charge in [0.2, 0.25) is 0 Å². The summed E-state index contributed by atoms with van der Waals surface area (Å²) in [5, 5.41) is 0. The van der Waals surface area contributed by atoms with Crippen LogP contribution in [0.1, 0.15) is 0 Å². The molecule has 5 heteroatoms. The molecule has 92 valence electrons. The summed E-state index contributed by atoms with van der Waals surface area (Å²) >= 11 is 3.45. The minimum atomic E-state index is 0.256. The molecule has 2 unspecified atom stereocenters. The van der Waals surface area contributed by atoms with E-state index in [0.717, 1.165) is 29.2 Å². The number of ether oxygens (including phenoxy) is 4. The van der Waals surface area contributed by atoms with Crippen molar-refractivity contribution in [2.75, 3.05) is 26.4 Å². The molecule has 2 atom stereocenters. The van der Waals surface area contributed by atoms with Crippen molar-refractivity contribution in [3.8, 4) is 11.5 Å². The molecule has 0 spiro atoms. The quantitative estimate of drug-likeness (QED) is 0.754. The van der Waals surface area contributed by atoms with Crippen molar-refractivity contribution in [1.29, 1.82) is 0 Å². The molecule has 0 N–H and O–H groups in total. The van der Waals surface area contributed by atoms with E-state index in [1.807, 2.05) is 18.2 Å². The van der Waals surface area contributed by atoms with Crippen LogP contribution in [0.5, 0.6) is 11.5 Å². The van der Waals surface area contributed by atoms with Crippen LogP contribution in [0.4, 0.5) is 0 Å². The lowest BCUT2D eigenvalue weighted by Gasteiger charge is -2.09. The van der Waals surface area contributed by atoms with Crippen molar-refractivity contribution in [2.45, 2.75) is 12.2 Å². The molecule has 0 aliphatic carbocycles. The number of halogens is 1. The zero-order valence-electron chi connectivity index (χ0n) is 9.23. The molecule has 0 saturated carbocycles. The molecule has 0 bridgehead atoms. The predicted molar refractivity (Wildman–Crippen MR) is 64.6 cm³/mol. The largest absolute Gasteiger partial charge is 0.491 e. The van der Waals surface area contributed by atoms with Gasteiger partial charge in [-0.1, -0.05) is 0 Å². The van der Waals surface area contributed by atoms with Crippen LogP contribution in [0.15, 0.2) is 22.7 Å². The number of rotatable bonds is 6. The average Bonchev–Trinajstić information content (AvgIpc) is 3.20. The maximum atomic E-state index is 5.64. The zero-order valence-corrected chi connectivity index (χ0v) is 10.8. The van der Waals surface area contributed by atoms with E-state index in [0.29, 0.717) is 13.2 Å². The van der Waals surface area contributed by atoms with Gasteiger partial charge in [-0.05, 0) is 28.1 Å². The second kappa shape index (κ2) is 4.84. The van der Waals surface area contributed by atoms with Crippen LogP contribution >= 0.6 is 15.9 Å². The maximum Gasteiger partial charge on any atom is 0.137 e. The van der Waals surface area contributed by atoms with E-state index in [2.05, 4.69) is 15.9 Å². The Bertz CT molecular complexity index is 401. The molecule has 2 saturated heterocycles. The zero-order chi connectivity index (χ0) is 11.7. The first-order valence-electron chi connectivity index (χ1n) is 5.59. The summed E-state index contributed by atoms with van der Waals surface area (Å²) in [5.74, 6) is 1.59. The standard InChI is InChI=1S/C12H13BrO4/c13-11-2-1-8(14-4-9-5-15-9)3-12(11)17-7-10-6-16-10/h1-3,9-10H,4-7H2. The Morgan fingerprint density at radius 3 is 2.41 bits per heavy atom. The fraction of sp³-hybridized carbons (Fsp3) is 0.500. The lowest BCUT2D eigenvalue weighted by atomic mass is 10.3. The molecule has 2 heterocycles. The lowest BCUT2D eigenvalue weighted by Crippen LogP contribution is -2.06. The van der Waals surface area contributed by atoms with E-state index in [4.69, 9.17) is 18.9 Å². The SMILES string of the molecule is Brc1ccc(OCC2CO2)cc1OCC1CO1. The second-order valence-corrected chi connectivity index (χ2v) is 4.98. The molecule has 1 aromatic rings. The van der Waals surface area contributed by atoms with Crippen molar-refractivity contribution < 1.29 is 18.9 Å². The Morgan fingerprint density at radius 1 is 1.12 bits per heavy atom. The fourth-order valence-corrected chi connectivity index (χ4v) is 1.75. The minimum Gasteiger partial charge on any atom is -0.491 e. The van der Waals surface area contributed by atoms with E-state index in [1.54, 1.807) is 0 Å². The minimum absolute atomic E-state index is 0.256. The first kappa shape index (κ1) is 11.3. The Balaban J connectivity index is 1.60. The van der Waals surface area contributed by atoms with Gasteiger partial charge in [-0.3, -0.25) is 0 Å². The van der Waals surface area contributed by atoms with Crippen LogP contribution in [0.2, 0.25) is 0 Å². The summed E-state index contributed by atoms with van der Waals surface area (Å²) in [7, 11) is 0. The molecular formula is C12H13BrO4. The van der Waals surface area contributed by atoms with Gasteiger partial charge in [-0.2, -0.15) is 0 Å². The summed E-state index contributed by atoms with van der Waals surface area (Å²) < 4.78 is 22.3. The number of hydrogen-bond donors (Lipinski definition) is 0. The highest BCUT2D eigenvalue weighted by atomic mass is 79.9. The highest BCUT2D eigenvalue weighted by Gasteiger charge is 2.24. The number of epoxide rings is 2. The van der Waals surface area contributed by atoms with Crippen LogP contribution < -0.4 is 9.47 Å². The van der Waals surface area contributed by atoms with Crippen molar-refractivity contribution in [2.24, 2.45) is 0 Å². The Kier molecular flexibility index (Phi) is 3.22. The molecule has 1 aromatic carbocycles. The molecule has 2 aliphatic heterocycles. The number of benzene rings is 1. The summed E-state index contributed by atoms with van der Waals surface area (Å²) in [6.07, 6.45) is 0.522. The molecule has 17 heavy (non-hydrogen) atoms. The van der Waals surface area contributed by atoms with Gasteiger partial charge in [0.25, 0.3) is 0 Å². The topological polar surface area (TPSA) is 43.5 Å². The monoisotopic (exact) mass is 300 g/mol. The Morgan fingerprint density at radius 2 is 1.76 bits per heavy atom. The lowest BCUT2D eigenvalue weighted by molar-refractivity contribution is 0.251. The molecular weight excluding hydrogens is 288 g/mol. The highest BCUT2D eigenvalue weighted by molar-refractivity contribution is 9.10. The van der Waals surface area contributed by atoms with Gasteiger partial charge < -0.3 is 18.9 Å². The van der Waals surface area contributed by atoms with Crippen molar-refractivity contribution in [1.82, 2.24) is 0 Å². The first-order chi connectivity index (χ1) is 8.31. The third-order valence-corrected chi connectivity index (χ3v) is 3.22. The highest BCUT2D eigenvalue weighted by Crippen LogP contribution is 2.30. The third-order valence-electron chi connectivity index (χ3n) is 2.57. The van der Waals surface area contributed by atoms with E-state index >= 15 is 0 Å². The number of hydrogen-bond acceptors (Lipinski definition) is 4. The molecule has 2 fully saturated rings. The van der Waals surface area contributed by atoms with Crippen LogP contribution in [0, 0.1) is 0 Å². The molecule has 0 radical (unpaired) electrons. The summed E-state index contributed by atoms with van der Waals surface area (Å²) in [6.45, 7) is 2.80. The van der Waals surface area contributed by atoms with E-state index < -0.39 is 0 Å². The molecule has 0 amide bonds. The third kappa shape index (κ3) is 3.34. The van der Waals surface area contributed by atoms with Gasteiger partial charge in [0.15, 0.2) is 0 Å². The average molecular weight is 301 g/mol. The second-order valence-electron chi connectivity index (χ2n) is 4.12.